The molecule has 12 heteroatoms. The van der Waals surface area contributed by atoms with Crippen molar-refractivity contribution < 1.29 is 18.0 Å². The van der Waals surface area contributed by atoms with Gasteiger partial charge in [-0.2, -0.15) is 0 Å². The summed E-state index contributed by atoms with van der Waals surface area (Å²) in [7, 11) is -4.01. The molecule has 1 aromatic heterocycles. The third kappa shape index (κ3) is 6.43. The zero-order chi connectivity index (χ0) is 26.6. The van der Waals surface area contributed by atoms with Crippen molar-refractivity contribution in [3.8, 4) is 11.3 Å². The van der Waals surface area contributed by atoms with Crippen LogP contribution >= 0.6 is 34.8 Å². The number of primary amides is 2. The third-order valence-electron chi connectivity index (χ3n) is 5.14. The van der Waals surface area contributed by atoms with Gasteiger partial charge in [0.1, 0.15) is 11.7 Å². The van der Waals surface area contributed by atoms with Crippen LogP contribution in [0.2, 0.25) is 15.1 Å². The standard InChI is InChI=1S/C24H21Cl3N4O4S/c1-2-14-15(5-3-6-16(14)25)19-9-13(11-30-36(34,35)12-21(28)32)10-20(31-19)23(24(29)33)22-17(26)7-4-8-18(22)27/h2-10,23,30H,1,11-12H2,(H2,28,32)(H2,29,33). The summed E-state index contributed by atoms with van der Waals surface area (Å²) < 4.78 is 26.7. The molecular formula is C24H21Cl3N4O4S. The fraction of sp³-hybridized carbons (Fsp3) is 0.125. The summed E-state index contributed by atoms with van der Waals surface area (Å²) in [4.78, 5) is 28.4. The lowest BCUT2D eigenvalue weighted by molar-refractivity contribution is -0.118. The second-order valence-electron chi connectivity index (χ2n) is 7.71. The lowest BCUT2D eigenvalue weighted by atomic mass is 9.92. The molecule has 0 bridgehead atoms. The smallest absolute Gasteiger partial charge is 0.234 e. The molecule has 0 aliphatic rings. The molecule has 2 aromatic carbocycles. The number of nitrogens with one attached hydrogen (secondary N) is 1. The monoisotopic (exact) mass is 566 g/mol. The summed E-state index contributed by atoms with van der Waals surface area (Å²) in [5.41, 5.74) is 13.1. The van der Waals surface area contributed by atoms with Gasteiger partial charge < -0.3 is 11.5 Å². The molecule has 5 N–H and O–H groups in total. The molecule has 0 aliphatic heterocycles. The van der Waals surface area contributed by atoms with Crippen molar-refractivity contribution in [2.24, 2.45) is 11.5 Å². The summed E-state index contributed by atoms with van der Waals surface area (Å²) in [6.07, 6.45) is 1.55. The molecule has 36 heavy (non-hydrogen) atoms. The SMILES string of the molecule is C=Cc1c(Cl)cccc1-c1cc(CNS(=O)(=O)CC(N)=O)cc(C(C(N)=O)c2c(Cl)cccc2Cl)n1. The number of halogens is 3. The van der Waals surface area contributed by atoms with Gasteiger partial charge in [0, 0.05) is 38.3 Å². The molecule has 2 amide bonds. The number of rotatable bonds is 10. The molecule has 1 heterocycles. The van der Waals surface area contributed by atoms with Gasteiger partial charge in [-0.05, 0) is 35.9 Å². The quantitative estimate of drug-likeness (QED) is 0.340. The average Bonchev–Trinajstić information content (AvgIpc) is 2.79. The van der Waals surface area contributed by atoms with E-state index in [4.69, 9.17) is 46.3 Å². The predicted molar refractivity (Wildman–Crippen MR) is 142 cm³/mol. The molecule has 0 saturated heterocycles. The molecule has 1 atom stereocenters. The molecule has 3 aromatic rings. The number of benzene rings is 2. The first-order valence-corrected chi connectivity index (χ1v) is 13.1. The highest BCUT2D eigenvalue weighted by atomic mass is 35.5. The molecule has 188 valence electrons. The maximum Gasteiger partial charge on any atom is 0.234 e. The van der Waals surface area contributed by atoms with Crippen LogP contribution in [0.15, 0.2) is 55.1 Å². The van der Waals surface area contributed by atoms with E-state index in [2.05, 4.69) is 16.3 Å². The van der Waals surface area contributed by atoms with Crippen LogP contribution in [0.1, 0.15) is 28.3 Å². The van der Waals surface area contributed by atoms with E-state index < -0.39 is 33.5 Å². The molecule has 0 saturated carbocycles. The van der Waals surface area contributed by atoms with Gasteiger partial charge >= 0.3 is 0 Å². The van der Waals surface area contributed by atoms with Crippen molar-refractivity contribution in [2.45, 2.75) is 12.5 Å². The summed E-state index contributed by atoms with van der Waals surface area (Å²) in [5, 5.41) is 0.826. The van der Waals surface area contributed by atoms with Gasteiger partial charge in [0.25, 0.3) is 0 Å². The van der Waals surface area contributed by atoms with E-state index >= 15 is 0 Å². The molecule has 0 aliphatic carbocycles. The van der Waals surface area contributed by atoms with E-state index in [9.17, 15) is 18.0 Å². The molecule has 0 spiro atoms. The van der Waals surface area contributed by atoms with Crippen LogP contribution in [-0.2, 0) is 26.2 Å². The Morgan fingerprint density at radius 1 is 1.03 bits per heavy atom. The Labute approximate surface area is 223 Å². The summed E-state index contributed by atoms with van der Waals surface area (Å²) in [5.74, 6) is -3.81. The predicted octanol–water partition coefficient (Wildman–Crippen LogP) is 3.87. The number of pyridine rings is 1. The Morgan fingerprint density at radius 2 is 1.64 bits per heavy atom. The largest absolute Gasteiger partial charge is 0.369 e. The zero-order valence-electron chi connectivity index (χ0n) is 18.7. The number of aromatic nitrogens is 1. The van der Waals surface area contributed by atoms with Crippen molar-refractivity contribution in [3.05, 3.63) is 92.6 Å². The minimum absolute atomic E-state index is 0.175. The zero-order valence-corrected chi connectivity index (χ0v) is 21.8. The topological polar surface area (TPSA) is 145 Å². The molecule has 0 radical (unpaired) electrons. The minimum Gasteiger partial charge on any atom is -0.369 e. The van der Waals surface area contributed by atoms with Crippen LogP contribution in [0, 0.1) is 0 Å². The maximum absolute atomic E-state index is 12.6. The highest BCUT2D eigenvalue weighted by Crippen LogP contribution is 2.37. The van der Waals surface area contributed by atoms with Crippen LogP contribution in [0.4, 0.5) is 0 Å². The van der Waals surface area contributed by atoms with E-state index in [1.807, 2.05) is 0 Å². The molecular weight excluding hydrogens is 547 g/mol. The molecule has 3 rings (SSSR count). The van der Waals surface area contributed by atoms with Crippen molar-refractivity contribution in [2.75, 3.05) is 5.75 Å². The molecule has 8 nitrogen and oxygen atoms in total. The number of sulfonamides is 1. The van der Waals surface area contributed by atoms with Crippen LogP contribution < -0.4 is 16.2 Å². The lowest BCUT2D eigenvalue weighted by Crippen LogP contribution is -2.33. The summed E-state index contributed by atoms with van der Waals surface area (Å²) in [6, 6.07) is 13.0. The number of carbonyl (C=O) groups excluding carboxylic acids is 2. The van der Waals surface area contributed by atoms with Crippen molar-refractivity contribution in [1.82, 2.24) is 9.71 Å². The third-order valence-corrected chi connectivity index (χ3v) is 7.37. The lowest BCUT2D eigenvalue weighted by Gasteiger charge is -2.19. The number of amides is 2. The Kier molecular flexibility index (Phi) is 8.76. The number of hydrogen-bond donors (Lipinski definition) is 3. The van der Waals surface area contributed by atoms with Gasteiger partial charge in [-0.3, -0.25) is 14.6 Å². The van der Waals surface area contributed by atoms with Gasteiger partial charge in [0.2, 0.25) is 21.8 Å². The Bertz CT molecular complexity index is 1440. The number of nitrogens with two attached hydrogens (primary N) is 2. The van der Waals surface area contributed by atoms with E-state index in [0.717, 1.165) is 0 Å². The van der Waals surface area contributed by atoms with Crippen molar-refractivity contribution in [3.63, 3.8) is 0 Å². The first kappa shape index (κ1) is 27.6. The Morgan fingerprint density at radius 3 is 2.22 bits per heavy atom. The van der Waals surface area contributed by atoms with Crippen LogP contribution in [0.3, 0.4) is 0 Å². The minimum atomic E-state index is -4.01. The summed E-state index contributed by atoms with van der Waals surface area (Å²) >= 11 is 19.1. The van der Waals surface area contributed by atoms with Crippen molar-refractivity contribution >= 4 is 62.7 Å². The first-order valence-electron chi connectivity index (χ1n) is 10.3. The van der Waals surface area contributed by atoms with Crippen molar-refractivity contribution in [1.29, 1.82) is 0 Å². The summed E-state index contributed by atoms with van der Waals surface area (Å²) in [6.45, 7) is 3.56. The van der Waals surface area contributed by atoms with Gasteiger partial charge in [0.15, 0.2) is 0 Å². The Hall–Kier alpha value is -2.95. The molecule has 1 unspecified atom stereocenters. The van der Waals surface area contributed by atoms with E-state index in [1.165, 1.54) is 6.07 Å². The van der Waals surface area contributed by atoms with Gasteiger partial charge in [-0.25, -0.2) is 13.1 Å². The second-order valence-corrected chi connectivity index (χ2v) is 10.7. The number of nitrogens with zero attached hydrogens (tertiary/aromatic N) is 1. The molecule has 0 fully saturated rings. The highest BCUT2D eigenvalue weighted by Gasteiger charge is 2.28. The van der Waals surface area contributed by atoms with E-state index in [0.29, 0.717) is 27.4 Å². The van der Waals surface area contributed by atoms with Gasteiger partial charge in [0.05, 0.1) is 11.4 Å². The Balaban J connectivity index is 2.23. The average molecular weight is 568 g/mol. The highest BCUT2D eigenvalue weighted by molar-refractivity contribution is 7.90. The van der Waals surface area contributed by atoms with Crippen LogP contribution in [0.25, 0.3) is 17.3 Å². The van der Waals surface area contributed by atoms with E-state index in [-0.39, 0.29) is 27.8 Å². The number of hydrogen-bond acceptors (Lipinski definition) is 5. The number of carbonyl (C=O) groups is 2. The fourth-order valence-corrected chi connectivity index (χ4v) is 5.35. The van der Waals surface area contributed by atoms with Crippen LogP contribution in [-0.4, -0.2) is 31.0 Å². The van der Waals surface area contributed by atoms with Crippen LogP contribution in [0.5, 0.6) is 0 Å². The maximum atomic E-state index is 12.6. The normalized spacial score (nSPS) is 12.2. The van der Waals surface area contributed by atoms with Gasteiger partial charge in [-0.1, -0.05) is 65.7 Å². The van der Waals surface area contributed by atoms with E-state index in [1.54, 1.807) is 48.5 Å². The second kappa shape index (κ2) is 11.4. The first-order chi connectivity index (χ1) is 16.9. The fourth-order valence-electron chi connectivity index (χ4n) is 3.62. The van der Waals surface area contributed by atoms with Gasteiger partial charge in [-0.15, -0.1) is 0 Å².